The first kappa shape index (κ1) is 13.1. The van der Waals surface area contributed by atoms with Gasteiger partial charge in [0, 0.05) is 0 Å². The van der Waals surface area contributed by atoms with E-state index in [-0.39, 0.29) is 4.47 Å². The van der Waals surface area contributed by atoms with Crippen molar-refractivity contribution < 1.29 is 18.7 Å². The van der Waals surface area contributed by atoms with Gasteiger partial charge in [0.05, 0.1) is 11.6 Å². The summed E-state index contributed by atoms with van der Waals surface area (Å²) in [7, 11) is 1.09. The monoisotopic (exact) mass is 308 g/mol. The smallest absolute Gasteiger partial charge is 0.376 e. The molecule has 0 saturated heterocycles. The van der Waals surface area contributed by atoms with E-state index in [1.807, 2.05) is 0 Å². The highest BCUT2D eigenvalue weighted by atomic mass is 79.9. The van der Waals surface area contributed by atoms with E-state index in [0.717, 1.165) is 13.2 Å². The normalized spacial score (nSPS) is 12.0. The molecule has 0 saturated carbocycles. The van der Waals surface area contributed by atoms with Crippen molar-refractivity contribution in [1.29, 1.82) is 0 Å². The van der Waals surface area contributed by atoms with Crippen molar-refractivity contribution in [2.75, 3.05) is 7.11 Å². The Labute approximate surface area is 105 Å². The van der Waals surface area contributed by atoms with Crippen LogP contribution in [0.4, 0.5) is 4.39 Å². The number of alkyl halides is 1. The van der Waals surface area contributed by atoms with Gasteiger partial charge in [-0.05, 0) is 33.6 Å². The largest absolute Gasteiger partial charge is 0.463 e. The van der Waals surface area contributed by atoms with Crippen LogP contribution in [0.5, 0.6) is 0 Å². The number of esters is 1. The second-order valence-electron chi connectivity index (χ2n) is 2.89. The minimum Gasteiger partial charge on any atom is -0.463 e. The predicted molar refractivity (Wildman–Crippen MR) is 59.7 cm³/mol. The van der Waals surface area contributed by atoms with E-state index < -0.39 is 22.9 Å². The molecule has 0 spiro atoms. The molecular weight excluding hydrogens is 302 g/mol. The van der Waals surface area contributed by atoms with Gasteiger partial charge in [-0.1, -0.05) is 6.07 Å². The number of ether oxygens (including phenoxy) is 1. The molecule has 0 aliphatic rings. The summed E-state index contributed by atoms with van der Waals surface area (Å²) in [6.45, 7) is 0. The molecule has 0 N–H and O–H groups in total. The lowest BCUT2D eigenvalue weighted by Gasteiger charge is -2.07. The van der Waals surface area contributed by atoms with Crippen molar-refractivity contribution in [3.8, 4) is 0 Å². The van der Waals surface area contributed by atoms with Gasteiger partial charge < -0.3 is 4.74 Å². The highest BCUT2D eigenvalue weighted by Crippen LogP contribution is 2.26. The zero-order chi connectivity index (χ0) is 12.3. The Morgan fingerprint density at radius 1 is 1.50 bits per heavy atom. The van der Waals surface area contributed by atoms with Crippen LogP contribution in [0.1, 0.15) is 10.9 Å². The number of benzene rings is 1. The number of halogens is 3. The molecule has 1 rings (SSSR count). The van der Waals surface area contributed by atoms with Crippen molar-refractivity contribution in [3.63, 3.8) is 0 Å². The highest BCUT2D eigenvalue weighted by Gasteiger charge is 2.25. The quantitative estimate of drug-likeness (QED) is 0.490. The molecule has 16 heavy (non-hydrogen) atoms. The third-order valence-electron chi connectivity index (χ3n) is 1.85. The fourth-order valence-electron chi connectivity index (χ4n) is 1.03. The van der Waals surface area contributed by atoms with Gasteiger partial charge in [-0.15, -0.1) is 11.6 Å². The van der Waals surface area contributed by atoms with E-state index in [4.69, 9.17) is 11.6 Å². The molecule has 0 aliphatic carbocycles. The molecule has 1 unspecified atom stereocenters. The van der Waals surface area contributed by atoms with Crippen LogP contribution in [0, 0.1) is 5.82 Å². The number of hydrogen-bond donors (Lipinski definition) is 0. The summed E-state index contributed by atoms with van der Waals surface area (Å²) in [5.41, 5.74) is 0.324. The lowest BCUT2D eigenvalue weighted by Crippen LogP contribution is -2.20. The average Bonchev–Trinajstić information content (AvgIpc) is 2.29. The number of ketones is 1. The number of hydrogen-bond acceptors (Lipinski definition) is 3. The molecule has 0 aliphatic heterocycles. The SMILES string of the molecule is COC(=O)C(=O)C(Cl)c1ccc(F)c(Br)c1. The molecule has 0 heterocycles. The Bertz CT molecular complexity index is 436. The fraction of sp³-hybridized carbons (Fsp3) is 0.200. The van der Waals surface area contributed by atoms with E-state index in [1.165, 1.54) is 12.1 Å². The molecule has 1 aromatic carbocycles. The summed E-state index contributed by atoms with van der Waals surface area (Å²) >= 11 is 8.72. The molecule has 0 fully saturated rings. The minimum absolute atomic E-state index is 0.174. The average molecular weight is 310 g/mol. The molecule has 0 bridgehead atoms. The maximum atomic E-state index is 12.9. The first-order chi connectivity index (χ1) is 7.47. The Hall–Kier alpha value is -0.940. The lowest BCUT2D eigenvalue weighted by molar-refractivity contribution is -0.151. The molecule has 0 radical (unpaired) electrons. The van der Waals surface area contributed by atoms with Crippen LogP contribution in [0.15, 0.2) is 22.7 Å². The van der Waals surface area contributed by atoms with Crippen LogP contribution in [-0.4, -0.2) is 18.9 Å². The Morgan fingerprint density at radius 2 is 2.12 bits per heavy atom. The maximum absolute atomic E-state index is 12.9. The van der Waals surface area contributed by atoms with Gasteiger partial charge in [-0.3, -0.25) is 4.79 Å². The lowest BCUT2D eigenvalue weighted by atomic mass is 10.1. The number of Topliss-reactive ketones (excluding diaryl/α,β-unsaturated/α-hetero) is 1. The zero-order valence-electron chi connectivity index (χ0n) is 8.17. The first-order valence-corrected chi connectivity index (χ1v) is 5.41. The predicted octanol–water partition coefficient (Wildman–Crippen LogP) is 2.61. The van der Waals surface area contributed by atoms with Gasteiger partial charge in [0.15, 0.2) is 0 Å². The Morgan fingerprint density at radius 3 is 2.62 bits per heavy atom. The van der Waals surface area contributed by atoms with Crippen LogP contribution in [0.25, 0.3) is 0 Å². The zero-order valence-corrected chi connectivity index (χ0v) is 10.5. The number of carbonyl (C=O) groups excluding carboxylic acids is 2. The summed E-state index contributed by atoms with van der Waals surface area (Å²) in [6.07, 6.45) is 0. The molecule has 6 heteroatoms. The Kier molecular flexibility index (Phi) is 4.44. The number of methoxy groups -OCH3 is 1. The van der Waals surface area contributed by atoms with E-state index in [2.05, 4.69) is 20.7 Å². The third-order valence-corrected chi connectivity index (χ3v) is 2.91. The fourth-order valence-corrected chi connectivity index (χ4v) is 1.65. The minimum atomic E-state index is -1.18. The molecule has 0 aromatic heterocycles. The first-order valence-electron chi connectivity index (χ1n) is 4.18. The van der Waals surface area contributed by atoms with Crippen molar-refractivity contribution in [1.82, 2.24) is 0 Å². The molecule has 0 amide bonds. The highest BCUT2D eigenvalue weighted by molar-refractivity contribution is 9.10. The van der Waals surface area contributed by atoms with E-state index in [0.29, 0.717) is 5.56 Å². The van der Waals surface area contributed by atoms with E-state index in [1.54, 1.807) is 0 Å². The number of rotatable bonds is 3. The van der Waals surface area contributed by atoms with Crippen LogP contribution in [0.2, 0.25) is 0 Å². The number of carbonyl (C=O) groups is 2. The summed E-state index contributed by atoms with van der Waals surface area (Å²) in [6, 6.07) is 3.83. The second-order valence-corrected chi connectivity index (χ2v) is 4.18. The van der Waals surface area contributed by atoms with Crippen molar-refractivity contribution >= 4 is 39.3 Å². The summed E-state index contributed by atoms with van der Waals surface area (Å²) < 4.78 is 17.3. The van der Waals surface area contributed by atoms with Gasteiger partial charge in [-0.25, -0.2) is 9.18 Å². The summed E-state index contributed by atoms with van der Waals surface area (Å²) in [5, 5.41) is -1.18. The van der Waals surface area contributed by atoms with Crippen LogP contribution in [0.3, 0.4) is 0 Å². The molecule has 3 nitrogen and oxygen atoms in total. The summed E-state index contributed by atoms with van der Waals surface area (Å²) in [4.78, 5) is 22.3. The van der Waals surface area contributed by atoms with Gasteiger partial charge in [0.1, 0.15) is 11.2 Å². The molecule has 86 valence electrons. The molecule has 1 atom stereocenters. The van der Waals surface area contributed by atoms with Crippen LogP contribution in [-0.2, 0) is 14.3 Å². The molecular formula is C10H7BrClFO3. The van der Waals surface area contributed by atoms with Gasteiger partial charge in [0.25, 0.3) is 5.78 Å². The van der Waals surface area contributed by atoms with E-state index >= 15 is 0 Å². The Balaban J connectivity index is 2.96. The third kappa shape index (κ3) is 2.80. The molecule has 1 aromatic rings. The van der Waals surface area contributed by atoms with Crippen LogP contribution >= 0.6 is 27.5 Å². The standard InChI is InChI=1S/C10H7BrClFO3/c1-16-10(15)9(14)8(12)5-2-3-7(13)6(11)4-5/h2-4,8H,1H3. The van der Waals surface area contributed by atoms with Gasteiger partial charge in [-0.2, -0.15) is 0 Å². The summed E-state index contributed by atoms with van der Waals surface area (Å²) in [5.74, 6) is -2.39. The van der Waals surface area contributed by atoms with E-state index in [9.17, 15) is 14.0 Å². The van der Waals surface area contributed by atoms with Crippen LogP contribution < -0.4 is 0 Å². The van der Waals surface area contributed by atoms with Gasteiger partial charge in [0.2, 0.25) is 0 Å². The van der Waals surface area contributed by atoms with Crippen molar-refractivity contribution in [2.24, 2.45) is 0 Å². The van der Waals surface area contributed by atoms with Gasteiger partial charge >= 0.3 is 5.97 Å². The maximum Gasteiger partial charge on any atom is 0.376 e. The topological polar surface area (TPSA) is 43.4 Å². The van der Waals surface area contributed by atoms with Crippen molar-refractivity contribution in [2.45, 2.75) is 5.38 Å². The van der Waals surface area contributed by atoms with Crippen molar-refractivity contribution in [3.05, 3.63) is 34.1 Å². The second kappa shape index (κ2) is 5.41.